The van der Waals surface area contributed by atoms with Crippen LogP contribution >= 0.6 is 11.8 Å². The Hall–Kier alpha value is -2.33. The van der Waals surface area contributed by atoms with Gasteiger partial charge in [-0.15, -0.1) is 0 Å². The van der Waals surface area contributed by atoms with Gasteiger partial charge in [-0.25, -0.2) is 4.98 Å². The van der Waals surface area contributed by atoms with E-state index in [0.29, 0.717) is 5.75 Å². The molecule has 1 aliphatic rings. The third kappa shape index (κ3) is 3.34. The smallest absolute Gasteiger partial charge is 0.237 e. The van der Waals surface area contributed by atoms with E-state index in [9.17, 15) is 4.79 Å². The van der Waals surface area contributed by atoms with Crippen LogP contribution in [0.5, 0.6) is 0 Å². The van der Waals surface area contributed by atoms with E-state index in [-0.39, 0.29) is 5.91 Å². The lowest BCUT2D eigenvalue weighted by Crippen LogP contribution is -2.36. The lowest BCUT2D eigenvalue weighted by molar-refractivity contribution is -0.116. The first kappa shape index (κ1) is 17.1. The van der Waals surface area contributed by atoms with Crippen molar-refractivity contribution in [2.24, 2.45) is 0 Å². The number of aromatic nitrogens is 1. The summed E-state index contributed by atoms with van der Waals surface area (Å²) in [7, 11) is 0. The van der Waals surface area contributed by atoms with Gasteiger partial charge in [0.1, 0.15) is 5.03 Å². The number of thioether (sulfide) groups is 1. The Balaban J connectivity index is 1.53. The monoisotopic (exact) mass is 362 g/mol. The van der Waals surface area contributed by atoms with Gasteiger partial charge in [-0.1, -0.05) is 41.6 Å². The Morgan fingerprint density at radius 3 is 2.88 bits per heavy atom. The molecular weight excluding hydrogens is 340 g/mol. The Bertz CT molecular complexity index is 983. The van der Waals surface area contributed by atoms with Crippen molar-refractivity contribution >= 4 is 34.3 Å². The molecule has 0 saturated heterocycles. The molecule has 1 aromatic heterocycles. The number of nitrogens with zero attached hydrogens (tertiary/aromatic N) is 2. The molecule has 0 radical (unpaired) electrons. The third-order valence-corrected chi connectivity index (χ3v) is 5.94. The van der Waals surface area contributed by atoms with E-state index in [4.69, 9.17) is 4.98 Å². The summed E-state index contributed by atoms with van der Waals surface area (Å²) in [5.74, 6) is 0.576. The molecule has 3 aromatic rings. The van der Waals surface area contributed by atoms with Crippen LogP contribution in [0.4, 0.5) is 5.69 Å². The first-order valence-electron chi connectivity index (χ1n) is 9.01. The fourth-order valence-electron chi connectivity index (χ4n) is 3.53. The molecule has 0 aliphatic carbocycles. The van der Waals surface area contributed by atoms with Gasteiger partial charge in [0.25, 0.3) is 0 Å². The lowest BCUT2D eigenvalue weighted by Gasteiger charge is -2.29. The van der Waals surface area contributed by atoms with Crippen molar-refractivity contribution in [2.75, 3.05) is 17.2 Å². The van der Waals surface area contributed by atoms with Crippen LogP contribution in [-0.4, -0.2) is 23.2 Å². The van der Waals surface area contributed by atoms with Crippen molar-refractivity contribution in [1.29, 1.82) is 0 Å². The topological polar surface area (TPSA) is 33.2 Å². The highest BCUT2D eigenvalue weighted by Gasteiger charge is 2.22. The molecule has 0 N–H and O–H groups in total. The number of amides is 1. The van der Waals surface area contributed by atoms with E-state index >= 15 is 0 Å². The number of carbonyl (C=O) groups excluding carboxylic acids is 1. The zero-order chi connectivity index (χ0) is 18.1. The van der Waals surface area contributed by atoms with E-state index in [1.807, 2.05) is 17.0 Å². The maximum Gasteiger partial charge on any atom is 0.237 e. The van der Waals surface area contributed by atoms with Gasteiger partial charge in [-0.05, 0) is 62.1 Å². The van der Waals surface area contributed by atoms with Crippen LogP contribution in [0.3, 0.4) is 0 Å². The van der Waals surface area contributed by atoms with Gasteiger partial charge in [-0.3, -0.25) is 4.79 Å². The SMILES string of the molecule is Cc1ccc2nc(SCC(=O)N3CCCc4ccccc43)c(C)cc2c1. The van der Waals surface area contributed by atoms with Crippen LogP contribution in [-0.2, 0) is 11.2 Å². The number of carbonyl (C=O) groups is 1. The maximum absolute atomic E-state index is 12.8. The van der Waals surface area contributed by atoms with Crippen molar-refractivity contribution < 1.29 is 4.79 Å². The van der Waals surface area contributed by atoms with E-state index in [0.717, 1.165) is 46.6 Å². The fourth-order valence-corrected chi connectivity index (χ4v) is 4.40. The summed E-state index contributed by atoms with van der Waals surface area (Å²) in [6.45, 7) is 4.96. The predicted octanol–water partition coefficient (Wildman–Crippen LogP) is 4.92. The molecule has 2 heterocycles. The Kier molecular flexibility index (Phi) is 4.68. The molecule has 0 fully saturated rings. The highest BCUT2D eigenvalue weighted by atomic mass is 32.2. The minimum Gasteiger partial charge on any atom is -0.311 e. The summed E-state index contributed by atoms with van der Waals surface area (Å²) in [4.78, 5) is 19.5. The van der Waals surface area contributed by atoms with Crippen molar-refractivity contribution in [3.8, 4) is 0 Å². The van der Waals surface area contributed by atoms with E-state index in [2.05, 4.69) is 50.2 Å². The second-order valence-electron chi connectivity index (χ2n) is 6.87. The molecule has 4 rings (SSSR count). The summed E-state index contributed by atoms with van der Waals surface area (Å²) >= 11 is 1.54. The minimum atomic E-state index is 0.160. The minimum absolute atomic E-state index is 0.160. The largest absolute Gasteiger partial charge is 0.311 e. The number of hydrogen-bond acceptors (Lipinski definition) is 3. The van der Waals surface area contributed by atoms with Gasteiger partial charge < -0.3 is 4.90 Å². The van der Waals surface area contributed by atoms with Gasteiger partial charge in [0.05, 0.1) is 11.3 Å². The van der Waals surface area contributed by atoms with Crippen LogP contribution in [0.2, 0.25) is 0 Å². The molecule has 132 valence electrons. The number of anilines is 1. The Labute approximate surface area is 158 Å². The first-order chi connectivity index (χ1) is 12.6. The molecule has 0 bridgehead atoms. The average Bonchev–Trinajstić information content (AvgIpc) is 2.65. The normalized spacial score (nSPS) is 13.7. The molecular formula is C22H22N2OS. The summed E-state index contributed by atoms with van der Waals surface area (Å²) in [5.41, 5.74) is 5.69. The molecule has 1 aliphatic heterocycles. The van der Waals surface area contributed by atoms with Gasteiger partial charge in [0.2, 0.25) is 5.91 Å². The highest BCUT2D eigenvalue weighted by molar-refractivity contribution is 8.00. The lowest BCUT2D eigenvalue weighted by atomic mass is 10.0. The summed E-state index contributed by atoms with van der Waals surface area (Å²) in [5, 5.41) is 2.10. The highest BCUT2D eigenvalue weighted by Crippen LogP contribution is 2.29. The number of aryl methyl sites for hydroxylation is 3. The summed E-state index contributed by atoms with van der Waals surface area (Å²) in [6, 6.07) is 16.7. The molecule has 1 amide bonds. The van der Waals surface area contributed by atoms with E-state index < -0.39 is 0 Å². The zero-order valence-electron chi connectivity index (χ0n) is 15.2. The van der Waals surface area contributed by atoms with Crippen molar-refractivity contribution in [3.63, 3.8) is 0 Å². The number of pyridine rings is 1. The van der Waals surface area contributed by atoms with Crippen molar-refractivity contribution in [3.05, 3.63) is 65.2 Å². The van der Waals surface area contributed by atoms with Gasteiger partial charge >= 0.3 is 0 Å². The average molecular weight is 362 g/mol. The molecule has 0 saturated carbocycles. The van der Waals surface area contributed by atoms with E-state index in [1.54, 1.807) is 11.8 Å². The van der Waals surface area contributed by atoms with Crippen LogP contribution in [0, 0.1) is 13.8 Å². The molecule has 0 spiro atoms. The number of fused-ring (bicyclic) bond motifs is 2. The zero-order valence-corrected chi connectivity index (χ0v) is 16.0. The van der Waals surface area contributed by atoms with Crippen LogP contribution in [0.1, 0.15) is 23.1 Å². The third-order valence-electron chi connectivity index (χ3n) is 4.86. The Morgan fingerprint density at radius 1 is 1.15 bits per heavy atom. The van der Waals surface area contributed by atoms with Crippen LogP contribution < -0.4 is 4.90 Å². The molecule has 0 atom stereocenters. The fraction of sp³-hybridized carbons (Fsp3) is 0.273. The van der Waals surface area contributed by atoms with Crippen LogP contribution in [0.15, 0.2) is 53.6 Å². The maximum atomic E-state index is 12.8. The molecule has 4 heteroatoms. The molecule has 0 unspecified atom stereocenters. The molecule has 26 heavy (non-hydrogen) atoms. The van der Waals surface area contributed by atoms with Crippen LogP contribution in [0.25, 0.3) is 10.9 Å². The van der Waals surface area contributed by atoms with Crippen molar-refractivity contribution in [2.45, 2.75) is 31.7 Å². The summed E-state index contributed by atoms with van der Waals surface area (Å²) in [6.07, 6.45) is 2.08. The number of hydrogen-bond donors (Lipinski definition) is 0. The molecule has 2 aromatic carbocycles. The Morgan fingerprint density at radius 2 is 2.00 bits per heavy atom. The van der Waals surface area contributed by atoms with Crippen molar-refractivity contribution in [1.82, 2.24) is 4.98 Å². The first-order valence-corrected chi connectivity index (χ1v) is 9.99. The number of para-hydroxylation sites is 1. The van der Waals surface area contributed by atoms with E-state index in [1.165, 1.54) is 11.1 Å². The van der Waals surface area contributed by atoms with Gasteiger partial charge in [0.15, 0.2) is 0 Å². The molecule has 3 nitrogen and oxygen atoms in total. The summed E-state index contributed by atoms with van der Waals surface area (Å²) < 4.78 is 0. The second kappa shape index (κ2) is 7.12. The number of rotatable bonds is 3. The quantitative estimate of drug-likeness (QED) is 0.620. The van der Waals surface area contributed by atoms with Gasteiger partial charge in [-0.2, -0.15) is 0 Å². The van der Waals surface area contributed by atoms with Gasteiger partial charge in [0, 0.05) is 17.6 Å². The predicted molar refractivity (Wildman–Crippen MR) is 109 cm³/mol. The number of benzene rings is 2. The second-order valence-corrected chi connectivity index (χ2v) is 7.84. The standard InChI is InChI=1S/C22H22N2OS/c1-15-9-10-19-18(12-15)13-16(2)22(23-19)26-14-21(25)24-11-5-7-17-6-3-4-8-20(17)24/h3-4,6,8-10,12-13H,5,7,11,14H2,1-2H3.